The highest BCUT2D eigenvalue weighted by Gasteiger charge is 2.12. The van der Waals surface area contributed by atoms with Crippen molar-refractivity contribution < 1.29 is 9.13 Å². The minimum absolute atomic E-state index is 0.304. The lowest BCUT2D eigenvalue weighted by Crippen LogP contribution is -2.02. The van der Waals surface area contributed by atoms with Gasteiger partial charge in [0.1, 0.15) is 17.4 Å². The van der Waals surface area contributed by atoms with Gasteiger partial charge in [-0.15, -0.1) is 0 Å². The zero-order chi connectivity index (χ0) is 14.8. The molecule has 3 nitrogen and oxygen atoms in total. The Bertz CT molecular complexity index is 802. The van der Waals surface area contributed by atoms with Crippen molar-refractivity contribution in [3.63, 3.8) is 0 Å². The first-order valence-corrected chi connectivity index (χ1v) is 6.64. The lowest BCUT2D eigenvalue weighted by Gasteiger charge is -2.11. The van der Waals surface area contributed by atoms with Crippen LogP contribution < -0.4 is 10.5 Å². The second-order valence-electron chi connectivity index (χ2n) is 4.82. The molecular formula is C17H15FN2O. The Morgan fingerprint density at radius 2 is 1.95 bits per heavy atom. The van der Waals surface area contributed by atoms with Crippen LogP contribution >= 0.6 is 0 Å². The summed E-state index contributed by atoms with van der Waals surface area (Å²) in [5.74, 6) is 0.628. The van der Waals surface area contributed by atoms with Gasteiger partial charge in [-0.2, -0.15) is 0 Å². The fourth-order valence-electron chi connectivity index (χ4n) is 2.41. The van der Waals surface area contributed by atoms with Crippen LogP contribution in [-0.2, 0) is 6.42 Å². The summed E-state index contributed by atoms with van der Waals surface area (Å²) in [7, 11) is 1.53. The summed E-state index contributed by atoms with van der Waals surface area (Å²) in [6.45, 7) is 0. The van der Waals surface area contributed by atoms with Gasteiger partial charge in [0, 0.05) is 17.4 Å². The van der Waals surface area contributed by atoms with Gasteiger partial charge in [0.05, 0.1) is 12.6 Å². The molecule has 0 amide bonds. The van der Waals surface area contributed by atoms with Crippen molar-refractivity contribution >= 4 is 16.7 Å². The van der Waals surface area contributed by atoms with E-state index in [0.717, 1.165) is 16.5 Å². The van der Waals surface area contributed by atoms with Gasteiger partial charge >= 0.3 is 0 Å². The molecule has 0 fully saturated rings. The molecule has 1 aromatic heterocycles. The van der Waals surface area contributed by atoms with E-state index in [1.165, 1.54) is 13.2 Å². The molecule has 0 saturated heterocycles. The second-order valence-corrected chi connectivity index (χ2v) is 4.82. The predicted octanol–water partition coefficient (Wildman–Crippen LogP) is 3.56. The van der Waals surface area contributed by atoms with Gasteiger partial charge in [0.15, 0.2) is 0 Å². The lowest BCUT2D eigenvalue weighted by atomic mass is 10.0. The first-order chi connectivity index (χ1) is 10.2. The number of aromatic nitrogens is 1. The Hall–Kier alpha value is -2.62. The molecule has 3 aromatic rings. The number of para-hydroxylation sites is 1. The molecule has 2 aromatic carbocycles. The highest BCUT2D eigenvalue weighted by atomic mass is 19.1. The van der Waals surface area contributed by atoms with Crippen LogP contribution in [0.5, 0.6) is 5.75 Å². The third-order valence-corrected chi connectivity index (χ3v) is 3.50. The number of rotatable bonds is 3. The van der Waals surface area contributed by atoms with E-state index in [9.17, 15) is 4.39 Å². The number of hydrogen-bond donors (Lipinski definition) is 1. The summed E-state index contributed by atoms with van der Waals surface area (Å²) in [5, 5.41) is 0.983. The van der Waals surface area contributed by atoms with Crippen LogP contribution in [0.25, 0.3) is 10.9 Å². The lowest BCUT2D eigenvalue weighted by molar-refractivity contribution is 0.405. The fourth-order valence-corrected chi connectivity index (χ4v) is 2.41. The van der Waals surface area contributed by atoms with Crippen molar-refractivity contribution in [2.24, 2.45) is 0 Å². The summed E-state index contributed by atoms with van der Waals surface area (Å²) in [6.07, 6.45) is 0.347. The van der Waals surface area contributed by atoms with Crippen molar-refractivity contribution in [2.45, 2.75) is 6.42 Å². The van der Waals surface area contributed by atoms with Gasteiger partial charge in [-0.3, -0.25) is 0 Å². The molecule has 0 aliphatic heterocycles. The molecule has 4 heteroatoms. The quantitative estimate of drug-likeness (QED) is 0.799. The van der Waals surface area contributed by atoms with Gasteiger partial charge in [0.2, 0.25) is 0 Å². The van der Waals surface area contributed by atoms with Crippen LogP contribution in [0.2, 0.25) is 0 Å². The maximum Gasteiger partial charge on any atom is 0.130 e. The van der Waals surface area contributed by atoms with Crippen LogP contribution in [0.4, 0.5) is 10.2 Å². The maximum absolute atomic E-state index is 14.0. The van der Waals surface area contributed by atoms with E-state index in [0.29, 0.717) is 23.6 Å². The van der Waals surface area contributed by atoms with Gasteiger partial charge < -0.3 is 10.5 Å². The molecule has 0 atom stereocenters. The number of methoxy groups -OCH3 is 1. The number of anilines is 1. The summed E-state index contributed by atoms with van der Waals surface area (Å²) in [4.78, 5) is 4.37. The first-order valence-electron chi connectivity index (χ1n) is 6.64. The number of nitrogens with two attached hydrogens (primary N) is 1. The molecule has 0 bridgehead atoms. The van der Waals surface area contributed by atoms with Gasteiger partial charge in [0.25, 0.3) is 0 Å². The standard InChI is InChI=1S/C17H15FN2O/c1-21-16-8-4-6-14(18)13(16)10-12-9-11-5-2-3-7-15(11)20-17(12)19/h2-9H,10H2,1H3,(H2,19,20). The van der Waals surface area contributed by atoms with Crippen molar-refractivity contribution in [3.05, 3.63) is 65.5 Å². The molecule has 0 spiro atoms. The summed E-state index contributed by atoms with van der Waals surface area (Å²) >= 11 is 0. The molecular weight excluding hydrogens is 267 g/mol. The topological polar surface area (TPSA) is 48.1 Å². The fraction of sp³-hybridized carbons (Fsp3) is 0.118. The van der Waals surface area contributed by atoms with Gasteiger partial charge in [-0.25, -0.2) is 9.37 Å². The van der Waals surface area contributed by atoms with E-state index in [1.807, 2.05) is 30.3 Å². The number of halogens is 1. The van der Waals surface area contributed by atoms with Crippen molar-refractivity contribution in [3.8, 4) is 5.75 Å². The third-order valence-electron chi connectivity index (χ3n) is 3.50. The summed E-state index contributed by atoms with van der Waals surface area (Å²) in [5.41, 5.74) is 8.11. The highest BCUT2D eigenvalue weighted by Crippen LogP contribution is 2.27. The number of pyridine rings is 1. The predicted molar refractivity (Wildman–Crippen MR) is 81.9 cm³/mol. The largest absolute Gasteiger partial charge is 0.496 e. The van der Waals surface area contributed by atoms with Crippen LogP contribution in [-0.4, -0.2) is 12.1 Å². The zero-order valence-corrected chi connectivity index (χ0v) is 11.6. The Morgan fingerprint density at radius 3 is 2.76 bits per heavy atom. The Morgan fingerprint density at radius 1 is 1.14 bits per heavy atom. The monoisotopic (exact) mass is 282 g/mol. The Labute approximate surface area is 122 Å². The number of fused-ring (bicyclic) bond motifs is 1. The molecule has 1 heterocycles. The minimum atomic E-state index is -0.304. The minimum Gasteiger partial charge on any atom is -0.496 e. The first kappa shape index (κ1) is 13.4. The molecule has 0 unspecified atom stereocenters. The normalized spacial score (nSPS) is 10.8. The average molecular weight is 282 g/mol. The Kier molecular flexibility index (Phi) is 3.44. The number of ether oxygens (including phenoxy) is 1. The van der Waals surface area contributed by atoms with Crippen molar-refractivity contribution in [1.29, 1.82) is 0 Å². The van der Waals surface area contributed by atoms with E-state index >= 15 is 0 Å². The van der Waals surface area contributed by atoms with E-state index < -0.39 is 0 Å². The van der Waals surface area contributed by atoms with Gasteiger partial charge in [-0.05, 0) is 29.8 Å². The number of benzene rings is 2. The van der Waals surface area contributed by atoms with Crippen LogP contribution in [0, 0.1) is 5.82 Å². The third kappa shape index (κ3) is 2.52. The van der Waals surface area contributed by atoms with E-state index in [-0.39, 0.29) is 5.82 Å². The SMILES string of the molecule is COc1cccc(F)c1Cc1cc2ccccc2nc1N. The van der Waals surface area contributed by atoms with Crippen LogP contribution in [0.15, 0.2) is 48.5 Å². The highest BCUT2D eigenvalue weighted by molar-refractivity contribution is 5.81. The molecule has 0 aliphatic carbocycles. The molecule has 2 N–H and O–H groups in total. The smallest absolute Gasteiger partial charge is 0.130 e. The molecule has 106 valence electrons. The van der Waals surface area contributed by atoms with Crippen LogP contribution in [0.3, 0.4) is 0 Å². The summed E-state index contributed by atoms with van der Waals surface area (Å²) in [6, 6.07) is 14.4. The zero-order valence-electron chi connectivity index (χ0n) is 11.6. The van der Waals surface area contributed by atoms with Crippen LogP contribution in [0.1, 0.15) is 11.1 Å². The number of nitrogens with zero attached hydrogens (tertiary/aromatic N) is 1. The van der Waals surface area contributed by atoms with Crippen molar-refractivity contribution in [1.82, 2.24) is 4.98 Å². The van der Waals surface area contributed by atoms with Gasteiger partial charge in [-0.1, -0.05) is 24.3 Å². The number of nitrogen functional groups attached to an aromatic ring is 1. The molecule has 0 radical (unpaired) electrons. The summed E-state index contributed by atoms with van der Waals surface area (Å²) < 4.78 is 19.3. The van der Waals surface area contributed by atoms with Crippen molar-refractivity contribution in [2.75, 3.05) is 12.8 Å². The van der Waals surface area contributed by atoms with E-state index in [4.69, 9.17) is 10.5 Å². The molecule has 3 rings (SSSR count). The molecule has 0 saturated carbocycles. The van der Waals surface area contributed by atoms with E-state index in [2.05, 4.69) is 4.98 Å². The average Bonchev–Trinajstić information content (AvgIpc) is 2.49. The molecule has 21 heavy (non-hydrogen) atoms. The maximum atomic E-state index is 14.0. The Balaban J connectivity index is 2.08. The molecule has 0 aliphatic rings. The van der Waals surface area contributed by atoms with E-state index in [1.54, 1.807) is 12.1 Å². The number of hydrogen-bond acceptors (Lipinski definition) is 3. The second kappa shape index (κ2) is 5.40.